The number of rotatable bonds is 5. The first kappa shape index (κ1) is 22.5. The van der Waals surface area contributed by atoms with Crippen LogP contribution in [0.5, 0.6) is 0 Å². The molecular weight excluding hydrogens is 421 g/mol. The summed E-state index contributed by atoms with van der Waals surface area (Å²) >= 11 is 0. The van der Waals surface area contributed by atoms with Gasteiger partial charge in [-0.1, -0.05) is 48.5 Å². The molecule has 3 aromatic carbocycles. The molecule has 0 spiro atoms. The molecule has 3 aromatic rings. The molecule has 0 unspecified atom stereocenters. The van der Waals surface area contributed by atoms with E-state index in [-0.39, 0.29) is 30.7 Å². The van der Waals surface area contributed by atoms with E-state index >= 15 is 0 Å². The number of nitrogens with one attached hydrogen (secondary N) is 1. The van der Waals surface area contributed by atoms with Crippen LogP contribution in [0.1, 0.15) is 21.5 Å². The quantitative estimate of drug-likeness (QED) is 0.654. The van der Waals surface area contributed by atoms with Crippen LogP contribution in [-0.4, -0.2) is 60.2 Å². The summed E-state index contributed by atoms with van der Waals surface area (Å²) in [7, 11) is 0. The molecule has 0 saturated carbocycles. The third-order valence-corrected chi connectivity index (χ3v) is 6.01. The van der Waals surface area contributed by atoms with Gasteiger partial charge in [0.1, 0.15) is 5.82 Å². The number of aryl methyl sites for hydroxylation is 1. The lowest BCUT2D eigenvalue weighted by atomic mass is 10.0. The highest BCUT2D eigenvalue weighted by molar-refractivity contribution is 5.95. The lowest BCUT2D eigenvalue weighted by molar-refractivity contribution is -0.133. The molecule has 1 aliphatic rings. The van der Waals surface area contributed by atoms with Gasteiger partial charge >= 0.3 is 0 Å². The molecule has 6 nitrogen and oxygen atoms in total. The minimum absolute atomic E-state index is 0.0826. The summed E-state index contributed by atoms with van der Waals surface area (Å²) in [5.74, 6) is -1.05. The second-order valence-corrected chi connectivity index (χ2v) is 8.23. The fraction of sp³-hybridized carbons (Fsp3) is 0.269. The van der Waals surface area contributed by atoms with E-state index in [0.717, 1.165) is 16.3 Å². The summed E-state index contributed by atoms with van der Waals surface area (Å²) in [5.41, 5.74) is 1.71. The Balaban J connectivity index is 1.26. The van der Waals surface area contributed by atoms with Gasteiger partial charge in [-0.2, -0.15) is 0 Å². The average Bonchev–Trinajstić information content (AvgIpc) is 2.84. The van der Waals surface area contributed by atoms with E-state index in [1.54, 1.807) is 28.9 Å². The summed E-state index contributed by atoms with van der Waals surface area (Å²) in [6.45, 7) is 3.04. The maximum Gasteiger partial charge on any atom is 0.254 e. The minimum Gasteiger partial charge on any atom is -0.347 e. The first-order valence-corrected chi connectivity index (χ1v) is 11.0. The Kier molecular flexibility index (Phi) is 6.68. The molecule has 170 valence electrons. The van der Waals surface area contributed by atoms with Crippen LogP contribution in [0.4, 0.5) is 4.39 Å². The average molecular weight is 448 g/mol. The molecule has 3 amide bonds. The number of carbonyl (C=O) groups excluding carboxylic acids is 3. The molecule has 1 N–H and O–H groups in total. The van der Waals surface area contributed by atoms with Crippen molar-refractivity contribution >= 4 is 28.5 Å². The van der Waals surface area contributed by atoms with Crippen molar-refractivity contribution in [3.05, 3.63) is 83.2 Å². The Bertz CT molecular complexity index is 1200. The number of amides is 3. The Morgan fingerprint density at radius 1 is 0.909 bits per heavy atom. The predicted octanol–water partition coefficient (Wildman–Crippen LogP) is 2.93. The SMILES string of the molecule is Cc1ccc(C(=O)N2CCN(C(=O)CNC(=O)Cc3cccc4ccccc34)CC2)cc1F. The minimum atomic E-state index is -0.408. The number of carbonyl (C=O) groups is 3. The second-order valence-electron chi connectivity index (χ2n) is 8.23. The fourth-order valence-corrected chi connectivity index (χ4v) is 4.04. The molecule has 4 rings (SSSR count). The molecule has 1 saturated heterocycles. The van der Waals surface area contributed by atoms with Gasteiger partial charge < -0.3 is 15.1 Å². The highest BCUT2D eigenvalue weighted by Crippen LogP contribution is 2.19. The number of fused-ring (bicyclic) bond motifs is 1. The summed E-state index contributed by atoms with van der Waals surface area (Å²) in [5, 5.41) is 4.80. The number of benzene rings is 3. The van der Waals surface area contributed by atoms with Crippen molar-refractivity contribution in [2.75, 3.05) is 32.7 Å². The van der Waals surface area contributed by atoms with Crippen molar-refractivity contribution in [3.8, 4) is 0 Å². The number of hydrogen-bond acceptors (Lipinski definition) is 3. The van der Waals surface area contributed by atoms with Crippen molar-refractivity contribution in [2.24, 2.45) is 0 Å². The molecular formula is C26H26FN3O3. The fourth-order valence-electron chi connectivity index (χ4n) is 4.04. The van der Waals surface area contributed by atoms with E-state index < -0.39 is 5.82 Å². The molecule has 1 aliphatic heterocycles. The van der Waals surface area contributed by atoms with Crippen molar-refractivity contribution in [2.45, 2.75) is 13.3 Å². The van der Waals surface area contributed by atoms with Crippen LogP contribution in [-0.2, 0) is 16.0 Å². The lowest BCUT2D eigenvalue weighted by Crippen LogP contribution is -2.52. The van der Waals surface area contributed by atoms with Gasteiger partial charge in [0.15, 0.2) is 0 Å². The lowest BCUT2D eigenvalue weighted by Gasteiger charge is -2.35. The zero-order valence-electron chi connectivity index (χ0n) is 18.5. The third-order valence-electron chi connectivity index (χ3n) is 6.01. The zero-order chi connectivity index (χ0) is 23.4. The van der Waals surface area contributed by atoms with Crippen LogP contribution in [0.2, 0.25) is 0 Å². The summed E-state index contributed by atoms with van der Waals surface area (Å²) in [6.07, 6.45) is 0.198. The Morgan fingerprint density at radius 3 is 2.36 bits per heavy atom. The van der Waals surface area contributed by atoms with Crippen molar-refractivity contribution in [1.82, 2.24) is 15.1 Å². The smallest absolute Gasteiger partial charge is 0.254 e. The molecule has 0 radical (unpaired) electrons. The summed E-state index contributed by atoms with van der Waals surface area (Å²) < 4.78 is 13.8. The maximum absolute atomic E-state index is 13.8. The first-order chi connectivity index (χ1) is 15.9. The van der Waals surface area contributed by atoms with Crippen LogP contribution in [0.25, 0.3) is 10.8 Å². The van der Waals surface area contributed by atoms with Crippen LogP contribution >= 0.6 is 0 Å². The van der Waals surface area contributed by atoms with E-state index in [4.69, 9.17) is 0 Å². The van der Waals surface area contributed by atoms with Gasteiger partial charge in [-0.3, -0.25) is 14.4 Å². The number of nitrogens with zero attached hydrogens (tertiary/aromatic N) is 2. The number of hydrogen-bond donors (Lipinski definition) is 1. The maximum atomic E-state index is 13.8. The van der Waals surface area contributed by atoms with Crippen molar-refractivity contribution < 1.29 is 18.8 Å². The van der Waals surface area contributed by atoms with Gasteiger partial charge in [0.2, 0.25) is 11.8 Å². The summed E-state index contributed by atoms with van der Waals surface area (Å²) in [6, 6.07) is 18.2. The van der Waals surface area contributed by atoms with E-state index in [0.29, 0.717) is 37.3 Å². The number of piperazine rings is 1. The zero-order valence-corrected chi connectivity index (χ0v) is 18.5. The Morgan fingerprint density at radius 2 is 1.61 bits per heavy atom. The predicted molar refractivity (Wildman–Crippen MR) is 124 cm³/mol. The third kappa shape index (κ3) is 5.19. The van der Waals surface area contributed by atoms with E-state index in [1.165, 1.54) is 6.07 Å². The van der Waals surface area contributed by atoms with Gasteiger partial charge in [-0.15, -0.1) is 0 Å². The Labute approximate surface area is 192 Å². The van der Waals surface area contributed by atoms with Crippen LogP contribution < -0.4 is 5.32 Å². The molecule has 0 atom stereocenters. The highest BCUT2D eigenvalue weighted by Gasteiger charge is 2.25. The second kappa shape index (κ2) is 9.81. The van der Waals surface area contributed by atoms with Crippen LogP contribution in [0, 0.1) is 12.7 Å². The molecule has 7 heteroatoms. The largest absolute Gasteiger partial charge is 0.347 e. The van der Waals surface area contributed by atoms with E-state index in [9.17, 15) is 18.8 Å². The van der Waals surface area contributed by atoms with Gasteiger partial charge in [0.25, 0.3) is 5.91 Å². The molecule has 1 fully saturated rings. The van der Waals surface area contributed by atoms with Gasteiger partial charge in [0.05, 0.1) is 13.0 Å². The van der Waals surface area contributed by atoms with E-state index in [2.05, 4.69) is 5.32 Å². The number of halogens is 1. The standard InChI is InChI=1S/C26H26FN3O3/c1-18-9-10-21(15-23(18)27)26(33)30-13-11-29(12-14-30)25(32)17-28-24(31)16-20-7-4-6-19-5-2-3-8-22(19)20/h2-10,15H,11-14,16-17H2,1H3,(H,28,31). The molecule has 0 aliphatic carbocycles. The van der Waals surface area contributed by atoms with E-state index in [1.807, 2.05) is 42.5 Å². The molecule has 0 bridgehead atoms. The van der Waals surface area contributed by atoms with Crippen molar-refractivity contribution in [3.63, 3.8) is 0 Å². The normalized spacial score (nSPS) is 13.8. The van der Waals surface area contributed by atoms with Crippen LogP contribution in [0.15, 0.2) is 60.7 Å². The van der Waals surface area contributed by atoms with Crippen LogP contribution in [0.3, 0.4) is 0 Å². The molecule has 1 heterocycles. The Hall–Kier alpha value is -3.74. The van der Waals surface area contributed by atoms with Gasteiger partial charge in [-0.25, -0.2) is 4.39 Å². The monoisotopic (exact) mass is 447 g/mol. The topological polar surface area (TPSA) is 69.7 Å². The summed E-state index contributed by atoms with van der Waals surface area (Å²) in [4.78, 5) is 40.9. The molecule has 33 heavy (non-hydrogen) atoms. The van der Waals surface area contributed by atoms with Gasteiger partial charge in [-0.05, 0) is 41.0 Å². The van der Waals surface area contributed by atoms with Crippen molar-refractivity contribution in [1.29, 1.82) is 0 Å². The molecule has 0 aromatic heterocycles. The highest BCUT2D eigenvalue weighted by atomic mass is 19.1. The first-order valence-electron chi connectivity index (χ1n) is 11.0. The van der Waals surface area contributed by atoms with Gasteiger partial charge in [0, 0.05) is 31.7 Å².